The minimum Gasteiger partial charge on any atom is -0.508 e. The van der Waals surface area contributed by atoms with Crippen LogP contribution in [0.25, 0.3) is 22.6 Å². The second-order valence-electron chi connectivity index (χ2n) is 6.48. The molecule has 4 rings (SSSR count). The summed E-state index contributed by atoms with van der Waals surface area (Å²) < 4.78 is 0. The van der Waals surface area contributed by atoms with Crippen LogP contribution in [0, 0.1) is 0 Å². The summed E-state index contributed by atoms with van der Waals surface area (Å²) in [5, 5.41) is 11.0. The molecule has 1 aliphatic heterocycles. The Morgan fingerprint density at radius 1 is 1.12 bits per heavy atom. The van der Waals surface area contributed by atoms with E-state index in [0.717, 1.165) is 42.5 Å². The highest BCUT2D eigenvalue weighted by Crippen LogP contribution is 2.25. The minimum absolute atomic E-state index is 0.294. The first kappa shape index (κ1) is 15.7. The number of nitrogens with zero attached hydrogens (tertiary/aromatic N) is 1. The summed E-state index contributed by atoms with van der Waals surface area (Å²) in [7, 11) is 0. The van der Waals surface area contributed by atoms with Crippen molar-refractivity contribution in [1.29, 1.82) is 0 Å². The number of hydrogen-bond donors (Lipinski definition) is 2. The van der Waals surface area contributed by atoms with Crippen LogP contribution in [-0.4, -0.2) is 34.6 Å². The number of hydrogen-bond acceptors (Lipinski definition) is 2. The Hall–Kier alpha value is -2.78. The van der Waals surface area contributed by atoms with Crippen LogP contribution in [0.5, 0.6) is 5.75 Å². The van der Waals surface area contributed by atoms with Crippen molar-refractivity contribution in [2.24, 2.45) is 0 Å². The van der Waals surface area contributed by atoms with Crippen LogP contribution in [0.3, 0.4) is 0 Å². The molecule has 0 fully saturated rings. The first-order valence-corrected chi connectivity index (χ1v) is 8.73. The summed E-state index contributed by atoms with van der Waals surface area (Å²) in [6.45, 7) is 2.97. The predicted octanol–water partition coefficient (Wildman–Crippen LogP) is 4.68. The number of benzene rings is 2. The maximum absolute atomic E-state index is 9.84. The summed E-state index contributed by atoms with van der Waals surface area (Å²) in [5.41, 5.74) is 4.80. The van der Waals surface area contributed by atoms with E-state index in [9.17, 15) is 5.11 Å². The predicted molar refractivity (Wildman–Crippen MR) is 104 cm³/mol. The van der Waals surface area contributed by atoms with Gasteiger partial charge in [-0.2, -0.15) is 0 Å². The number of phenols is 1. The van der Waals surface area contributed by atoms with E-state index in [-0.39, 0.29) is 0 Å². The lowest BCUT2D eigenvalue weighted by atomic mass is 9.99. The van der Waals surface area contributed by atoms with Gasteiger partial charge in [-0.1, -0.05) is 48.6 Å². The molecule has 1 aromatic heterocycles. The molecule has 3 heteroatoms. The van der Waals surface area contributed by atoms with Crippen LogP contribution in [-0.2, 0) is 0 Å². The van der Waals surface area contributed by atoms with Crippen molar-refractivity contribution in [2.75, 3.05) is 19.6 Å². The van der Waals surface area contributed by atoms with Crippen LogP contribution in [0.1, 0.15) is 17.5 Å². The lowest BCUT2D eigenvalue weighted by molar-refractivity contribution is 0.335. The van der Waals surface area contributed by atoms with Gasteiger partial charge in [0.15, 0.2) is 0 Å². The Labute approximate surface area is 147 Å². The molecule has 0 unspecified atom stereocenters. The molecule has 3 nitrogen and oxygen atoms in total. The average Bonchev–Trinajstić information content (AvgIpc) is 3.11. The second-order valence-corrected chi connectivity index (χ2v) is 6.48. The second kappa shape index (κ2) is 6.99. The minimum atomic E-state index is 0.294. The van der Waals surface area contributed by atoms with Gasteiger partial charge in [-0.25, -0.2) is 0 Å². The zero-order chi connectivity index (χ0) is 17.1. The number of rotatable bonds is 4. The number of phenolic OH excluding ortho intramolecular Hbond substituents is 1. The molecule has 126 valence electrons. The zero-order valence-corrected chi connectivity index (χ0v) is 14.2. The van der Waals surface area contributed by atoms with Gasteiger partial charge in [0.1, 0.15) is 5.75 Å². The third-order valence-corrected chi connectivity index (χ3v) is 4.78. The zero-order valence-electron chi connectivity index (χ0n) is 14.2. The number of aromatic amines is 1. The van der Waals surface area contributed by atoms with E-state index in [2.05, 4.69) is 58.4 Å². The molecule has 0 bridgehead atoms. The molecule has 0 radical (unpaired) electrons. The number of fused-ring (bicyclic) bond motifs is 1. The molecule has 25 heavy (non-hydrogen) atoms. The Morgan fingerprint density at radius 3 is 2.80 bits per heavy atom. The summed E-state index contributed by atoms with van der Waals surface area (Å²) >= 11 is 0. The SMILES string of the molecule is Oc1cc(C=CCN2CC=C(c3ccccc3)CC2)c2cc[nH]c2c1. The van der Waals surface area contributed by atoms with Crippen LogP contribution < -0.4 is 0 Å². The standard InChI is InChI=1S/C22H22N2O/c25-20-15-19(21-8-11-23-22(21)16-20)7-4-12-24-13-9-18(10-14-24)17-5-2-1-3-6-17/h1-9,11,15-16,23,25H,10,12-14H2. The topological polar surface area (TPSA) is 39.3 Å². The molecule has 0 aliphatic carbocycles. The van der Waals surface area contributed by atoms with Crippen LogP contribution in [0.15, 0.2) is 66.9 Å². The van der Waals surface area contributed by atoms with E-state index in [1.54, 1.807) is 6.07 Å². The molecule has 0 saturated carbocycles. The molecule has 0 amide bonds. The molecule has 2 heterocycles. The first-order valence-electron chi connectivity index (χ1n) is 8.73. The highest BCUT2D eigenvalue weighted by Gasteiger charge is 2.11. The van der Waals surface area contributed by atoms with Gasteiger partial charge in [0.05, 0.1) is 0 Å². The lowest BCUT2D eigenvalue weighted by Gasteiger charge is -2.25. The molecular weight excluding hydrogens is 308 g/mol. The Morgan fingerprint density at radius 2 is 2.00 bits per heavy atom. The van der Waals surface area contributed by atoms with Crippen molar-refractivity contribution in [3.05, 3.63) is 78.0 Å². The van der Waals surface area contributed by atoms with Crippen molar-refractivity contribution >= 4 is 22.6 Å². The molecular formula is C22H22N2O. The van der Waals surface area contributed by atoms with Gasteiger partial charge >= 0.3 is 0 Å². The fourth-order valence-corrected chi connectivity index (χ4v) is 3.44. The van der Waals surface area contributed by atoms with E-state index in [1.165, 1.54) is 11.1 Å². The van der Waals surface area contributed by atoms with Gasteiger partial charge in [0.2, 0.25) is 0 Å². The molecule has 3 aromatic rings. The Kier molecular flexibility index (Phi) is 4.40. The third kappa shape index (κ3) is 3.52. The lowest BCUT2D eigenvalue weighted by Crippen LogP contribution is -2.28. The fraction of sp³-hybridized carbons (Fsp3) is 0.182. The molecule has 0 spiro atoms. The molecule has 2 aromatic carbocycles. The summed E-state index contributed by atoms with van der Waals surface area (Å²) in [4.78, 5) is 5.58. The van der Waals surface area contributed by atoms with E-state index < -0.39 is 0 Å². The number of H-pyrrole nitrogens is 1. The third-order valence-electron chi connectivity index (χ3n) is 4.78. The van der Waals surface area contributed by atoms with E-state index in [1.807, 2.05) is 18.3 Å². The molecule has 0 saturated heterocycles. The van der Waals surface area contributed by atoms with Gasteiger partial charge in [-0.05, 0) is 35.3 Å². The van der Waals surface area contributed by atoms with Crippen molar-refractivity contribution in [3.8, 4) is 5.75 Å². The van der Waals surface area contributed by atoms with E-state index in [4.69, 9.17) is 0 Å². The number of nitrogens with one attached hydrogen (secondary N) is 1. The van der Waals surface area contributed by atoms with Gasteiger partial charge in [0.25, 0.3) is 0 Å². The number of aromatic nitrogens is 1. The maximum Gasteiger partial charge on any atom is 0.118 e. The van der Waals surface area contributed by atoms with E-state index in [0.29, 0.717) is 5.75 Å². The van der Waals surface area contributed by atoms with Gasteiger partial charge < -0.3 is 10.1 Å². The van der Waals surface area contributed by atoms with Gasteiger partial charge in [-0.3, -0.25) is 4.90 Å². The maximum atomic E-state index is 9.84. The number of aromatic hydroxyl groups is 1. The summed E-state index contributed by atoms with van der Waals surface area (Å²) in [6, 6.07) is 16.3. The Balaban J connectivity index is 1.41. The van der Waals surface area contributed by atoms with Crippen molar-refractivity contribution < 1.29 is 5.11 Å². The Bertz CT molecular complexity index is 922. The van der Waals surface area contributed by atoms with Crippen LogP contribution >= 0.6 is 0 Å². The fourth-order valence-electron chi connectivity index (χ4n) is 3.44. The summed E-state index contributed by atoms with van der Waals surface area (Å²) in [5.74, 6) is 0.294. The first-order chi connectivity index (χ1) is 12.3. The van der Waals surface area contributed by atoms with Crippen molar-refractivity contribution in [1.82, 2.24) is 9.88 Å². The van der Waals surface area contributed by atoms with Crippen LogP contribution in [0.4, 0.5) is 0 Å². The van der Waals surface area contributed by atoms with Gasteiger partial charge in [0, 0.05) is 42.8 Å². The highest BCUT2D eigenvalue weighted by molar-refractivity contribution is 5.89. The highest BCUT2D eigenvalue weighted by atomic mass is 16.3. The molecule has 0 atom stereocenters. The average molecular weight is 330 g/mol. The molecule has 2 N–H and O–H groups in total. The van der Waals surface area contributed by atoms with Gasteiger partial charge in [-0.15, -0.1) is 0 Å². The monoisotopic (exact) mass is 330 g/mol. The summed E-state index contributed by atoms with van der Waals surface area (Å²) in [6.07, 6.45) is 9.62. The van der Waals surface area contributed by atoms with Crippen LogP contribution in [0.2, 0.25) is 0 Å². The quantitative estimate of drug-likeness (QED) is 0.729. The normalized spacial score (nSPS) is 15.8. The largest absolute Gasteiger partial charge is 0.508 e. The van der Waals surface area contributed by atoms with Crippen molar-refractivity contribution in [2.45, 2.75) is 6.42 Å². The smallest absolute Gasteiger partial charge is 0.118 e. The molecule has 1 aliphatic rings. The van der Waals surface area contributed by atoms with E-state index >= 15 is 0 Å². The van der Waals surface area contributed by atoms with Crippen molar-refractivity contribution in [3.63, 3.8) is 0 Å².